The maximum atomic E-state index is 11.4. The maximum absolute atomic E-state index is 11.4. The molecule has 0 aliphatic carbocycles. The first-order chi connectivity index (χ1) is 8.79. The smallest absolute Gasteiger partial charge is 0.251 e. The van der Waals surface area contributed by atoms with E-state index >= 15 is 0 Å². The van der Waals surface area contributed by atoms with Crippen LogP contribution in [0.1, 0.15) is 23.2 Å². The molecule has 1 amide bonds. The summed E-state index contributed by atoms with van der Waals surface area (Å²) in [7, 11) is 1.65. The van der Waals surface area contributed by atoms with E-state index in [4.69, 9.17) is 0 Å². The normalized spacial score (nSPS) is 19.3. The van der Waals surface area contributed by atoms with Crippen LogP contribution in [0, 0.1) is 5.92 Å². The lowest BCUT2D eigenvalue weighted by molar-refractivity contribution is 0.0963. The largest absolute Gasteiger partial charge is 0.385 e. The Hall–Kier alpha value is -1.16. The zero-order valence-corrected chi connectivity index (χ0v) is 11.6. The quantitative estimate of drug-likeness (QED) is 0.878. The van der Waals surface area contributed by atoms with Crippen molar-refractivity contribution in [3.8, 4) is 0 Å². The SMILES string of the molecule is CNC(=O)c1ccc(NCC2CCCSC2)cc1. The Bertz CT molecular complexity index is 385. The molecular weight excluding hydrogens is 244 g/mol. The lowest BCUT2D eigenvalue weighted by Crippen LogP contribution is -2.20. The zero-order chi connectivity index (χ0) is 12.8. The molecule has 0 radical (unpaired) electrons. The highest BCUT2D eigenvalue weighted by molar-refractivity contribution is 7.99. The van der Waals surface area contributed by atoms with Crippen molar-refractivity contribution in [3.05, 3.63) is 29.8 Å². The minimum Gasteiger partial charge on any atom is -0.385 e. The predicted molar refractivity (Wildman–Crippen MR) is 78.4 cm³/mol. The molecule has 1 fully saturated rings. The second-order valence-electron chi connectivity index (χ2n) is 4.62. The van der Waals surface area contributed by atoms with Gasteiger partial charge in [-0.05, 0) is 54.5 Å². The summed E-state index contributed by atoms with van der Waals surface area (Å²) in [5.74, 6) is 3.33. The highest BCUT2D eigenvalue weighted by Gasteiger charge is 2.13. The molecule has 0 aromatic heterocycles. The monoisotopic (exact) mass is 264 g/mol. The molecule has 4 heteroatoms. The first-order valence-electron chi connectivity index (χ1n) is 6.43. The molecule has 1 aliphatic heterocycles. The summed E-state index contributed by atoms with van der Waals surface area (Å²) < 4.78 is 0. The van der Waals surface area contributed by atoms with Gasteiger partial charge in [-0.3, -0.25) is 4.79 Å². The van der Waals surface area contributed by atoms with Gasteiger partial charge in [0.15, 0.2) is 0 Å². The van der Waals surface area contributed by atoms with Crippen LogP contribution in [-0.2, 0) is 0 Å². The number of nitrogens with one attached hydrogen (secondary N) is 2. The highest BCUT2D eigenvalue weighted by Crippen LogP contribution is 2.23. The number of carbonyl (C=O) groups excluding carboxylic acids is 1. The number of amides is 1. The van der Waals surface area contributed by atoms with Gasteiger partial charge < -0.3 is 10.6 Å². The number of rotatable bonds is 4. The molecule has 98 valence electrons. The molecule has 2 N–H and O–H groups in total. The molecule has 1 aromatic carbocycles. The Balaban J connectivity index is 1.84. The van der Waals surface area contributed by atoms with Crippen molar-refractivity contribution in [1.29, 1.82) is 0 Å². The fourth-order valence-electron chi connectivity index (χ4n) is 2.11. The summed E-state index contributed by atoms with van der Waals surface area (Å²) in [6.45, 7) is 1.03. The number of thioether (sulfide) groups is 1. The van der Waals surface area contributed by atoms with E-state index < -0.39 is 0 Å². The molecule has 0 saturated carbocycles. The summed E-state index contributed by atoms with van der Waals surface area (Å²) in [5.41, 5.74) is 1.80. The summed E-state index contributed by atoms with van der Waals surface area (Å²) in [5, 5.41) is 6.08. The van der Waals surface area contributed by atoms with Crippen molar-refractivity contribution >= 4 is 23.4 Å². The van der Waals surface area contributed by atoms with E-state index in [-0.39, 0.29) is 5.91 Å². The van der Waals surface area contributed by atoms with Gasteiger partial charge in [-0.2, -0.15) is 11.8 Å². The van der Waals surface area contributed by atoms with E-state index in [9.17, 15) is 4.79 Å². The van der Waals surface area contributed by atoms with Crippen molar-refractivity contribution in [2.75, 3.05) is 30.4 Å². The Morgan fingerprint density at radius 1 is 1.39 bits per heavy atom. The van der Waals surface area contributed by atoms with E-state index in [2.05, 4.69) is 22.4 Å². The van der Waals surface area contributed by atoms with Crippen LogP contribution < -0.4 is 10.6 Å². The van der Waals surface area contributed by atoms with E-state index in [1.807, 2.05) is 24.3 Å². The van der Waals surface area contributed by atoms with Crippen LogP contribution in [0.4, 0.5) is 5.69 Å². The highest BCUT2D eigenvalue weighted by atomic mass is 32.2. The molecule has 1 atom stereocenters. The maximum Gasteiger partial charge on any atom is 0.251 e. The minimum atomic E-state index is -0.0368. The molecule has 18 heavy (non-hydrogen) atoms. The third-order valence-electron chi connectivity index (χ3n) is 3.22. The van der Waals surface area contributed by atoms with Gasteiger partial charge in [-0.15, -0.1) is 0 Å². The lowest BCUT2D eigenvalue weighted by Gasteiger charge is -2.22. The number of hydrogen-bond acceptors (Lipinski definition) is 3. The van der Waals surface area contributed by atoms with Crippen molar-refractivity contribution in [2.24, 2.45) is 5.92 Å². The van der Waals surface area contributed by atoms with Crippen LogP contribution in [0.25, 0.3) is 0 Å². The van der Waals surface area contributed by atoms with E-state index in [0.717, 1.165) is 18.2 Å². The molecule has 1 aliphatic rings. The standard InChI is InChI=1S/C14H20N2OS/c1-15-14(17)12-4-6-13(7-5-12)16-9-11-3-2-8-18-10-11/h4-7,11,16H,2-3,8-10H2,1H3,(H,15,17). The van der Waals surface area contributed by atoms with Crippen LogP contribution in [0.3, 0.4) is 0 Å². The van der Waals surface area contributed by atoms with E-state index in [1.165, 1.54) is 24.3 Å². The molecule has 3 nitrogen and oxygen atoms in total. The molecule has 2 rings (SSSR count). The van der Waals surface area contributed by atoms with Gasteiger partial charge in [0.1, 0.15) is 0 Å². The van der Waals surface area contributed by atoms with Gasteiger partial charge in [0.25, 0.3) is 5.91 Å². The first-order valence-corrected chi connectivity index (χ1v) is 7.59. The fourth-order valence-corrected chi connectivity index (χ4v) is 3.27. The van der Waals surface area contributed by atoms with Crippen molar-refractivity contribution in [3.63, 3.8) is 0 Å². The molecule has 1 aromatic rings. The van der Waals surface area contributed by atoms with Gasteiger partial charge in [0.05, 0.1) is 0 Å². The lowest BCUT2D eigenvalue weighted by atomic mass is 10.1. The third-order valence-corrected chi connectivity index (χ3v) is 4.51. The summed E-state index contributed by atoms with van der Waals surface area (Å²) >= 11 is 2.05. The minimum absolute atomic E-state index is 0.0368. The van der Waals surface area contributed by atoms with Crippen LogP contribution >= 0.6 is 11.8 Å². The second kappa shape index (κ2) is 6.69. The van der Waals surface area contributed by atoms with Gasteiger partial charge in [-0.25, -0.2) is 0 Å². The van der Waals surface area contributed by atoms with Gasteiger partial charge in [0.2, 0.25) is 0 Å². The Labute approximate surface area is 113 Å². The molecule has 0 bridgehead atoms. The van der Waals surface area contributed by atoms with Gasteiger partial charge in [-0.1, -0.05) is 0 Å². The van der Waals surface area contributed by atoms with Crippen LogP contribution in [0.15, 0.2) is 24.3 Å². The van der Waals surface area contributed by atoms with E-state index in [1.54, 1.807) is 7.05 Å². The van der Waals surface area contributed by atoms with Crippen LogP contribution in [0.2, 0.25) is 0 Å². The average molecular weight is 264 g/mol. The number of anilines is 1. The summed E-state index contributed by atoms with van der Waals surface area (Å²) in [6, 6.07) is 7.66. The average Bonchev–Trinajstić information content (AvgIpc) is 2.46. The fraction of sp³-hybridized carbons (Fsp3) is 0.500. The summed E-state index contributed by atoms with van der Waals surface area (Å²) in [6.07, 6.45) is 2.67. The predicted octanol–water partition coefficient (Wildman–Crippen LogP) is 2.60. The van der Waals surface area contributed by atoms with Crippen LogP contribution in [-0.4, -0.2) is 31.0 Å². The Morgan fingerprint density at radius 3 is 2.78 bits per heavy atom. The first kappa shape index (κ1) is 13.3. The second-order valence-corrected chi connectivity index (χ2v) is 5.77. The summed E-state index contributed by atoms with van der Waals surface area (Å²) in [4.78, 5) is 11.4. The molecule has 1 saturated heterocycles. The number of hydrogen-bond donors (Lipinski definition) is 2. The topological polar surface area (TPSA) is 41.1 Å². The molecule has 0 spiro atoms. The molecule has 1 unspecified atom stereocenters. The van der Waals surface area contributed by atoms with Crippen molar-refractivity contribution < 1.29 is 4.79 Å². The van der Waals surface area contributed by atoms with Crippen molar-refractivity contribution in [1.82, 2.24) is 5.32 Å². The number of benzene rings is 1. The van der Waals surface area contributed by atoms with Crippen molar-refractivity contribution in [2.45, 2.75) is 12.8 Å². The van der Waals surface area contributed by atoms with Gasteiger partial charge >= 0.3 is 0 Å². The Morgan fingerprint density at radius 2 is 2.17 bits per heavy atom. The third kappa shape index (κ3) is 3.67. The van der Waals surface area contributed by atoms with Crippen LogP contribution in [0.5, 0.6) is 0 Å². The zero-order valence-electron chi connectivity index (χ0n) is 10.7. The van der Waals surface area contributed by atoms with E-state index in [0.29, 0.717) is 5.56 Å². The van der Waals surface area contributed by atoms with Gasteiger partial charge in [0, 0.05) is 24.8 Å². The molecule has 1 heterocycles. The number of carbonyl (C=O) groups is 1. The molecular formula is C14H20N2OS. The Kier molecular flexibility index (Phi) is 4.93.